The molecule has 1 amide bonds. The number of fused-ring (bicyclic) bond motifs is 5. The van der Waals surface area contributed by atoms with Crippen LogP contribution in [0.5, 0.6) is 0 Å². The van der Waals surface area contributed by atoms with Crippen molar-refractivity contribution in [3.8, 4) is 0 Å². The van der Waals surface area contributed by atoms with E-state index in [0.717, 1.165) is 41.8 Å². The first-order chi connectivity index (χ1) is 11.8. The maximum atomic E-state index is 12.3. The molecule has 8 atom stereocenters. The van der Waals surface area contributed by atoms with E-state index in [1.54, 1.807) is 0 Å². The summed E-state index contributed by atoms with van der Waals surface area (Å²) in [6.45, 7) is 9.99. The topological polar surface area (TPSA) is 20.3 Å². The van der Waals surface area contributed by atoms with Gasteiger partial charge in [0, 0.05) is 24.8 Å². The molecule has 142 valence electrons. The molecule has 3 saturated carbocycles. The average Bonchev–Trinajstić information content (AvgIpc) is 2.90. The van der Waals surface area contributed by atoms with Crippen LogP contribution in [0.25, 0.3) is 0 Å². The Balaban J connectivity index is 1.64. The minimum absolute atomic E-state index is 0.358. The predicted octanol–water partition coefficient (Wildman–Crippen LogP) is 5.22. The highest BCUT2D eigenvalue weighted by atomic mass is 32.2. The normalized spacial score (nSPS) is 52.5. The van der Waals surface area contributed by atoms with Crippen molar-refractivity contribution in [2.24, 2.45) is 34.5 Å². The highest BCUT2D eigenvalue weighted by Gasteiger charge is 2.61. The molecule has 4 aliphatic rings. The van der Waals surface area contributed by atoms with Crippen LogP contribution in [0, 0.1) is 34.5 Å². The summed E-state index contributed by atoms with van der Waals surface area (Å²) in [6, 6.07) is 0.483. The number of carbonyl (C=O) groups is 1. The van der Waals surface area contributed by atoms with E-state index in [2.05, 4.69) is 51.4 Å². The molecular weight excluding hydrogens is 326 g/mol. The van der Waals surface area contributed by atoms with Gasteiger partial charge in [-0.25, -0.2) is 0 Å². The minimum atomic E-state index is 0.358. The van der Waals surface area contributed by atoms with Gasteiger partial charge in [-0.2, -0.15) is 11.8 Å². The monoisotopic (exact) mass is 363 g/mol. The van der Waals surface area contributed by atoms with Gasteiger partial charge in [-0.05, 0) is 78.8 Å². The first kappa shape index (κ1) is 18.2. The molecule has 4 fully saturated rings. The molecule has 1 unspecified atom stereocenters. The Morgan fingerprint density at radius 1 is 1.20 bits per heavy atom. The molecule has 3 aliphatic carbocycles. The zero-order chi connectivity index (χ0) is 18.0. The first-order valence-corrected chi connectivity index (χ1v) is 11.7. The second-order valence-corrected chi connectivity index (χ2v) is 11.8. The highest BCUT2D eigenvalue weighted by molar-refractivity contribution is 7.99. The van der Waals surface area contributed by atoms with Gasteiger partial charge in [0.1, 0.15) is 0 Å². The molecule has 0 spiro atoms. The second-order valence-electron chi connectivity index (χ2n) is 10.2. The number of carbonyl (C=O) groups excluding carboxylic acids is 1. The molecule has 0 aromatic carbocycles. The van der Waals surface area contributed by atoms with Crippen molar-refractivity contribution in [2.45, 2.75) is 83.9 Å². The molecule has 1 aliphatic heterocycles. The number of nitrogens with zero attached hydrogens (tertiary/aromatic N) is 1. The fourth-order valence-corrected chi connectivity index (χ4v) is 9.13. The van der Waals surface area contributed by atoms with Gasteiger partial charge in [-0.3, -0.25) is 4.79 Å². The summed E-state index contributed by atoms with van der Waals surface area (Å²) in [7, 11) is 2.08. The Morgan fingerprint density at radius 3 is 2.68 bits per heavy atom. The van der Waals surface area contributed by atoms with Crippen molar-refractivity contribution in [3.63, 3.8) is 0 Å². The molecule has 3 heteroatoms. The molecule has 0 aromatic heterocycles. The number of piperidine rings is 1. The minimum Gasteiger partial charge on any atom is -0.342 e. The average molecular weight is 364 g/mol. The van der Waals surface area contributed by atoms with Gasteiger partial charge in [-0.1, -0.05) is 27.7 Å². The summed E-state index contributed by atoms with van der Waals surface area (Å²) >= 11 is 2.21. The Hall–Kier alpha value is -0.180. The molecular formula is C22H37NOS. The first-order valence-electron chi connectivity index (χ1n) is 10.7. The number of thioether (sulfide) groups is 1. The van der Waals surface area contributed by atoms with Crippen LogP contribution >= 0.6 is 11.8 Å². The largest absolute Gasteiger partial charge is 0.342 e. The van der Waals surface area contributed by atoms with Gasteiger partial charge in [0.05, 0.1) is 0 Å². The van der Waals surface area contributed by atoms with Gasteiger partial charge >= 0.3 is 0 Å². The molecule has 1 saturated heterocycles. The van der Waals surface area contributed by atoms with E-state index in [1.807, 2.05) is 0 Å². The summed E-state index contributed by atoms with van der Waals surface area (Å²) in [6.07, 6.45) is 8.87. The molecule has 25 heavy (non-hydrogen) atoms. The quantitative estimate of drug-likeness (QED) is 0.670. The van der Waals surface area contributed by atoms with Crippen molar-refractivity contribution in [1.29, 1.82) is 0 Å². The van der Waals surface area contributed by atoms with Crippen LogP contribution in [0.4, 0.5) is 0 Å². The van der Waals surface area contributed by atoms with E-state index in [0.29, 0.717) is 22.8 Å². The van der Waals surface area contributed by atoms with Crippen molar-refractivity contribution in [3.05, 3.63) is 0 Å². The zero-order valence-corrected chi connectivity index (χ0v) is 17.7. The Kier molecular flexibility index (Phi) is 4.49. The van der Waals surface area contributed by atoms with Crippen LogP contribution in [0.15, 0.2) is 0 Å². The molecule has 0 N–H and O–H groups in total. The van der Waals surface area contributed by atoms with Crippen LogP contribution in [0.3, 0.4) is 0 Å². The molecule has 0 radical (unpaired) electrons. The zero-order valence-electron chi connectivity index (χ0n) is 16.9. The SMILES string of the molecule is CCS[C@H]1C[C@H]2C3[C@@H](C)C[C@H]4N(C)C(=O)CC[C@]4(C)[C@H]3CC[C@]2(C)C1. The van der Waals surface area contributed by atoms with Crippen molar-refractivity contribution in [2.75, 3.05) is 12.8 Å². The van der Waals surface area contributed by atoms with Crippen LogP contribution in [-0.2, 0) is 4.79 Å². The number of likely N-dealkylation sites (tertiary alicyclic amines) is 1. The third-order valence-corrected chi connectivity index (χ3v) is 10.2. The Labute approximate surface area is 158 Å². The number of rotatable bonds is 2. The predicted molar refractivity (Wildman–Crippen MR) is 107 cm³/mol. The lowest BCUT2D eigenvalue weighted by molar-refractivity contribution is -0.164. The summed E-state index contributed by atoms with van der Waals surface area (Å²) in [5.74, 6) is 5.07. The summed E-state index contributed by atoms with van der Waals surface area (Å²) in [5.41, 5.74) is 0.943. The molecule has 0 aromatic rings. The summed E-state index contributed by atoms with van der Waals surface area (Å²) in [4.78, 5) is 14.5. The lowest BCUT2D eigenvalue weighted by Crippen LogP contribution is -2.62. The van der Waals surface area contributed by atoms with E-state index in [1.165, 1.54) is 37.9 Å². The van der Waals surface area contributed by atoms with Gasteiger partial charge in [0.25, 0.3) is 0 Å². The number of hydrogen-bond acceptors (Lipinski definition) is 2. The fraction of sp³-hybridized carbons (Fsp3) is 0.955. The lowest BCUT2D eigenvalue weighted by Gasteiger charge is -2.63. The van der Waals surface area contributed by atoms with Crippen LogP contribution in [-0.4, -0.2) is 34.9 Å². The van der Waals surface area contributed by atoms with Crippen LogP contribution in [0.2, 0.25) is 0 Å². The maximum Gasteiger partial charge on any atom is 0.222 e. The van der Waals surface area contributed by atoms with Gasteiger partial charge in [-0.15, -0.1) is 0 Å². The second kappa shape index (κ2) is 6.17. The van der Waals surface area contributed by atoms with Gasteiger partial charge in [0.2, 0.25) is 5.91 Å². The van der Waals surface area contributed by atoms with E-state index < -0.39 is 0 Å². The van der Waals surface area contributed by atoms with E-state index in [4.69, 9.17) is 0 Å². The Bertz CT molecular complexity index is 550. The van der Waals surface area contributed by atoms with Crippen molar-refractivity contribution in [1.82, 2.24) is 4.90 Å². The molecule has 1 heterocycles. The summed E-state index contributed by atoms with van der Waals surface area (Å²) < 4.78 is 0. The van der Waals surface area contributed by atoms with E-state index >= 15 is 0 Å². The molecule has 2 nitrogen and oxygen atoms in total. The summed E-state index contributed by atoms with van der Waals surface area (Å²) in [5, 5.41) is 0.895. The van der Waals surface area contributed by atoms with Crippen molar-refractivity contribution >= 4 is 17.7 Å². The Morgan fingerprint density at radius 2 is 1.96 bits per heavy atom. The van der Waals surface area contributed by atoms with E-state index in [9.17, 15) is 4.79 Å². The fourth-order valence-electron chi connectivity index (χ4n) is 7.82. The molecule has 0 bridgehead atoms. The van der Waals surface area contributed by atoms with Gasteiger partial charge in [0.15, 0.2) is 0 Å². The third-order valence-electron chi connectivity index (χ3n) is 9.06. The smallest absolute Gasteiger partial charge is 0.222 e. The highest BCUT2D eigenvalue weighted by Crippen LogP contribution is 2.66. The number of amides is 1. The lowest BCUT2D eigenvalue weighted by atomic mass is 9.45. The standard InChI is InChI=1S/C22H37NOS/c1-6-25-15-12-17-20-14(2)11-18-22(4,10-8-19(24)23(18)5)16(20)7-9-21(17,3)13-15/h14-18,20H,6-13H2,1-5H3/t14-,15-,16-,17-,18+,20?,21+,22+/m0/s1. The van der Waals surface area contributed by atoms with E-state index in [-0.39, 0.29) is 0 Å². The van der Waals surface area contributed by atoms with Gasteiger partial charge < -0.3 is 4.90 Å². The third kappa shape index (κ3) is 2.62. The molecule has 4 rings (SSSR count). The van der Waals surface area contributed by atoms with Crippen molar-refractivity contribution < 1.29 is 4.79 Å². The van der Waals surface area contributed by atoms with Crippen LogP contribution < -0.4 is 0 Å². The number of hydrogen-bond donors (Lipinski definition) is 0. The maximum absolute atomic E-state index is 12.3. The van der Waals surface area contributed by atoms with Crippen LogP contribution in [0.1, 0.15) is 72.6 Å².